The van der Waals surface area contributed by atoms with E-state index in [1.54, 1.807) is 0 Å². The third kappa shape index (κ3) is 42.6. The number of unbranched alkanes of at least 4 members (excludes halogenated alkanes) is 23. The number of allylic oxidation sites excluding steroid dienone is 8. The first-order valence-electron chi connectivity index (χ1n) is 23.2. The minimum Gasteiger partial charge on any atom is -0.462 e. The molecule has 1 unspecified atom stereocenters. The van der Waals surface area contributed by atoms with Gasteiger partial charge in [0, 0.05) is 19.4 Å². The average molecular weight is 757 g/mol. The number of hydrogen-bond donors (Lipinski definition) is 0. The van der Waals surface area contributed by atoms with E-state index in [-0.39, 0.29) is 25.2 Å². The summed E-state index contributed by atoms with van der Waals surface area (Å²) in [6, 6.07) is 0. The molecule has 0 aromatic rings. The Morgan fingerprint density at radius 1 is 0.407 bits per heavy atom. The minimum atomic E-state index is -0.546. The van der Waals surface area contributed by atoms with Gasteiger partial charge < -0.3 is 14.2 Å². The van der Waals surface area contributed by atoms with Crippen molar-refractivity contribution in [3.63, 3.8) is 0 Å². The number of carbonyl (C=O) groups is 2. The molecule has 0 saturated carbocycles. The third-order valence-electron chi connectivity index (χ3n) is 9.79. The van der Waals surface area contributed by atoms with E-state index in [1.807, 2.05) is 0 Å². The van der Waals surface area contributed by atoms with Crippen LogP contribution in [0.5, 0.6) is 0 Å². The molecule has 5 heteroatoms. The van der Waals surface area contributed by atoms with Crippen LogP contribution < -0.4 is 0 Å². The second-order valence-corrected chi connectivity index (χ2v) is 15.3. The molecule has 0 aromatic heterocycles. The largest absolute Gasteiger partial charge is 0.462 e. The summed E-state index contributed by atoms with van der Waals surface area (Å²) in [7, 11) is 0. The highest BCUT2D eigenvalue weighted by atomic mass is 16.6. The standard InChI is InChI=1S/C49H88O5/c1-4-7-10-13-16-19-22-24-26-29-32-35-38-41-44-52-45-47(54-49(51)43-40-37-34-31-27-21-18-15-12-9-6-3)46-53-48(50)42-39-36-33-30-28-25-23-20-17-14-11-8-5-2/h10,13,15,18-20,22-23,47H,4-9,11-12,14,16-17,21,24-46H2,1-3H3/b13-10-,18-15-,22-19-,23-20-. The molecular formula is C49H88O5. The van der Waals surface area contributed by atoms with Crippen LogP contribution in [0, 0.1) is 0 Å². The molecule has 0 aromatic carbocycles. The van der Waals surface area contributed by atoms with Gasteiger partial charge in [-0.2, -0.15) is 0 Å². The monoisotopic (exact) mass is 757 g/mol. The van der Waals surface area contributed by atoms with Gasteiger partial charge in [-0.1, -0.05) is 172 Å². The van der Waals surface area contributed by atoms with Gasteiger partial charge in [-0.25, -0.2) is 0 Å². The topological polar surface area (TPSA) is 61.8 Å². The molecule has 0 radical (unpaired) electrons. The molecule has 0 fully saturated rings. The second kappa shape index (κ2) is 45.3. The molecule has 0 N–H and O–H groups in total. The summed E-state index contributed by atoms with van der Waals surface area (Å²) in [6.45, 7) is 7.68. The molecule has 0 saturated heterocycles. The third-order valence-corrected chi connectivity index (χ3v) is 9.79. The van der Waals surface area contributed by atoms with Gasteiger partial charge in [0.2, 0.25) is 0 Å². The Hall–Kier alpha value is -2.14. The zero-order valence-corrected chi connectivity index (χ0v) is 36.0. The first-order valence-corrected chi connectivity index (χ1v) is 23.2. The maximum atomic E-state index is 12.7. The van der Waals surface area contributed by atoms with E-state index in [0.29, 0.717) is 19.4 Å². The van der Waals surface area contributed by atoms with Crippen LogP contribution in [0.1, 0.15) is 226 Å². The molecule has 0 amide bonds. The first kappa shape index (κ1) is 51.9. The summed E-state index contributed by atoms with van der Waals surface area (Å²) >= 11 is 0. The van der Waals surface area contributed by atoms with E-state index >= 15 is 0 Å². The fourth-order valence-corrected chi connectivity index (χ4v) is 6.29. The van der Waals surface area contributed by atoms with Crippen molar-refractivity contribution in [2.24, 2.45) is 0 Å². The molecule has 0 aliphatic heterocycles. The molecule has 314 valence electrons. The summed E-state index contributed by atoms with van der Waals surface area (Å²) < 4.78 is 17.3. The molecule has 1 atom stereocenters. The number of carbonyl (C=O) groups excluding carboxylic acids is 2. The van der Waals surface area contributed by atoms with Gasteiger partial charge in [0.15, 0.2) is 6.10 Å². The number of esters is 2. The maximum absolute atomic E-state index is 12.7. The summed E-state index contributed by atoms with van der Waals surface area (Å²) in [6.07, 6.45) is 53.9. The summed E-state index contributed by atoms with van der Waals surface area (Å²) in [4.78, 5) is 25.2. The van der Waals surface area contributed by atoms with Gasteiger partial charge in [-0.05, 0) is 89.9 Å². The van der Waals surface area contributed by atoms with E-state index in [1.165, 1.54) is 122 Å². The van der Waals surface area contributed by atoms with Gasteiger partial charge in [0.1, 0.15) is 6.61 Å². The van der Waals surface area contributed by atoms with Crippen molar-refractivity contribution in [3.8, 4) is 0 Å². The van der Waals surface area contributed by atoms with Gasteiger partial charge in [-0.15, -0.1) is 0 Å². The zero-order chi connectivity index (χ0) is 39.3. The van der Waals surface area contributed by atoms with Crippen LogP contribution in [0.15, 0.2) is 48.6 Å². The Morgan fingerprint density at radius 3 is 1.37 bits per heavy atom. The van der Waals surface area contributed by atoms with Crippen LogP contribution in [0.3, 0.4) is 0 Å². The Labute approximate surface area is 335 Å². The maximum Gasteiger partial charge on any atom is 0.306 e. The quantitative estimate of drug-likeness (QED) is 0.0353. The van der Waals surface area contributed by atoms with Crippen molar-refractivity contribution < 1.29 is 23.8 Å². The molecule has 5 nitrogen and oxygen atoms in total. The average Bonchev–Trinajstić information content (AvgIpc) is 3.17. The van der Waals surface area contributed by atoms with E-state index in [9.17, 15) is 9.59 Å². The van der Waals surface area contributed by atoms with Crippen molar-refractivity contribution in [1.82, 2.24) is 0 Å². The minimum absolute atomic E-state index is 0.0740. The van der Waals surface area contributed by atoms with Crippen molar-refractivity contribution in [3.05, 3.63) is 48.6 Å². The summed E-state index contributed by atoms with van der Waals surface area (Å²) in [5.41, 5.74) is 0. The first-order chi connectivity index (χ1) is 26.6. The van der Waals surface area contributed by atoms with Crippen molar-refractivity contribution in [2.45, 2.75) is 232 Å². The molecule has 0 bridgehead atoms. The molecule has 0 heterocycles. The lowest BCUT2D eigenvalue weighted by Gasteiger charge is -2.18. The summed E-state index contributed by atoms with van der Waals surface area (Å²) in [5, 5.41) is 0. The predicted octanol–water partition coefficient (Wildman–Crippen LogP) is 15.2. The lowest BCUT2D eigenvalue weighted by atomic mass is 10.1. The van der Waals surface area contributed by atoms with Crippen LogP contribution in [0.2, 0.25) is 0 Å². The van der Waals surface area contributed by atoms with Crippen LogP contribution in [-0.4, -0.2) is 37.9 Å². The lowest BCUT2D eigenvalue weighted by Crippen LogP contribution is -2.30. The SMILES string of the molecule is CCC/C=C\C/C=C\CCCCCCCCOCC(COC(=O)CCCCCCC/C=C\CCCCCC)OC(=O)CCCCCCC/C=C\CCCC. The van der Waals surface area contributed by atoms with Crippen LogP contribution in [-0.2, 0) is 23.8 Å². The number of rotatable bonds is 42. The fourth-order valence-electron chi connectivity index (χ4n) is 6.29. The molecule has 0 aliphatic rings. The van der Waals surface area contributed by atoms with Crippen molar-refractivity contribution in [1.29, 1.82) is 0 Å². The van der Waals surface area contributed by atoms with Gasteiger partial charge in [0.05, 0.1) is 6.61 Å². The Balaban J connectivity index is 4.28. The molecule has 0 spiro atoms. The Kier molecular flexibility index (Phi) is 43.5. The van der Waals surface area contributed by atoms with Crippen LogP contribution >= 0.6 is 0 Å². The van der Waals surface area contributed by atoms with Crippen molar-refractivity contribution >= 4 is 11.9 Å². The van der Waals surface area contributed by atoms with E-state index in [2.05, 4.69) is 69.4 Å². The molecular weight excluding hydrogens is 669 g/mol. The normalized spacial score (nSPS) is 12.6. The number of ether oxygens (including phenoxy) is 3. The second-order valence-electron chi connectivity index (χ2n) is 15.3. The van der Waals surface area contributed by atoms with E-state index in [0.717, 1.165) is 70.6 Å². The number of hydrogen-bond acceptors (Lipinski definition) is 5. The molecule has 0 rings (SSSR count). The van der Waals surface area contributed by atoms with E-state index < -0.39 is 6.10 Å². The highest BCUT2D eigenvalue weighted by Crippen LogP contribution is 2.13. The van der Waals surface area contributed by atoms with Gasteiger partial charge in [0.25, 0.3) is 0 Å². The van der Waals surface area contributed by atoms with Gasteiger partial charge in [-0.3, -0.25) is 9.59 Å². The lowest BCUT2D eigenvalue weighted by molar-refractivity contribution is -0.163. The predicted molar refractivity (Wildman–Crippen MR) is 233 cm³/mol. The molecule has 54 heavy (non-hydrogen) atoms. The van der Waals surface area contributed by atoms with Crippen LogP contribution in [0.4, 0.5) is 0 Å². The Bertz CT molecular complexity index is 904. The highest BCUT2D eigenvalue weighted by molar-refractivity contribution is 5.70. The van der Waals surface area contributed by atoms with E-state index in [4.69, 9.17) is 14.2 Å². The Morgan fingerprint density at radius 2 is 0.833 bits per heavy atom. The summed E-state index contributed by atoms with van der Waals surface area (Å²) in [5.74, 6) is -0.422. The fraction of sp³-hybridized carbons (Fsp3) is 0.796. The smallest absolute Gasteiger partial charge is 0.306 e. The van der Waals surface area contributed by atoms with Crippen LogP contribution in [0.25, 0.3) is 0 Å². The molecule has 0 aliphatic carbocycles. The zero-order valence-electron chi connectivity index (χ0n) is 36.0. The van der Waals surface area contributed by atoms with Crippen molar-refractivity contribution in [2.75, 3.05) is 19.8 Å². The van der Waals surface area contributed by atoms with Gasteiger partial charge >= 0.3 is 11.9 Å². The highest BCUT2D eigenvalue weighted by Gasteiger charge is 2.17.